The van der Waals surface area contributed by atoms with E-state index >= 15 is 0 Å². The Morgan fingerprint density at radius 2 is 1.50 bits per heavy atom. The second-order valence-electron chi connectivity index (χ2n) is 4.58. The molecule has 16 heavy (non-hydrogen) atoms. The first-order valence-corrected chi connectivity index (χ1v) is 11.9. The molecule has 0 N–H and O–H groups in total. The van der Waals surface area contributed by atoms with E-state index in [0.29, 0.717) is 0 Å². The van der Waals surface area contributed by atoms with Crippen molar-refractivity contribution in [1.29, 1.82) is 0 Å². The van der Waals surface area contributed by atoms with Crippen LogP contribution in [-0.4, -0.2) is 13.3 Å². The summed E-state index contributed by atoms with van der Waals surface area (Å²) in [5, 5.41) is 4.26. The van der Waals surface area contributed by atoms with Gasteiger partial charge in [-0.3, -0.25) is 0 Å². The van der Waals surface area contributed by atoms with Gasteiger partial charge in [-0.2, -0.15) is 0 Å². The van der Waals surface area contributed by atoms with Gasteiger partial charge in [0.2, 0.25) is 0 Å². The van der Waals surface area contributed by atoms with E-state index in [1.54, 1.807) is 4.41 Å². The fourth-order valence-electron chi connectivity index (χ4n) is 2.54. The summed E-state index contributed by atoms with van der Waals surface area (Å²) in [6, 6.07) is 10.7. The van der Waals surface area contributed by atoms with Gasteiger partial charge in [-0.05, 0) is 0 Å². The van der Waals surface area contributed by atoms with E-state index in [1.165, 1.54) is 21.3 Å². The van der Waals surface area contributed by atoms with Gasteiger partial charge >= 0.3 is 103 Å². The van der Waals surface area contributed by atoms with E-state index in [0.717, 1.165) is 0 Å². The van der Waals surface area contributed by atoms with Crippen LogP contribution in [0.2, 0.25) is 15.8 Å². The third kappa shape index (κ3) is 3.01. The van der Waals surface area contributed by atoms with Gasteiger partial charge < -0.3 is 0 Å². The molecule has 0 fully saturated rings. The normalized spacial score (nSPS) is 12.9. The molecule has 0 aliphatic carbocycles. The number of rotatable bonds is 5. The fourth-order valence-corrected chi connectivity index (χ4v) is 10.2. The van der Waals surface area contributed by atoms with Crippen molar-refractivity contribution >= 4 is 19.3 Å². The third-order valence-corrected chi connectivity index (χ3v) is 16.4. The van der Waals surface area contributed by atoms with E-state index in [4.69, 9.17) is 0 Å². The van der Waals surface area contributed by atoms with E-state index in [2.05, 4.69) is 64.1 Å². The van der Waals surface area contributed by atoms with Crippen molar-refractivity contribution in [1.82, 2.24) is 0 Å². The van der Waals surface area contributed by atoms with E-state index in [1.807, 2.05) is 0 Å². The summed E-state index contributed by atoms with van der Waals surface area (Å²) >= 11 is -1.68. The molecule has 88 valence electrons. The maximum atomic E-state index is 2.43. The van der Waals surface area contributed by atoms with Crippen LogP contribution < -0.4 is 0 Å². The summed E-state index contributed by atoms with van der Waals surface area (Å²) in [4.78, 5) is 0. The quantitative estimate of drug-likeness (QED) is 0.654. The molecule has 0 aliphatic rings. The van der Waals surface area contributed by atoms with Crippen molar-refractivity contribution in [2.45, 2.75) is 43.5 Å². The Bertz CT molecular complexity index is 325. The second kappa shape index (κ2) is 6.29. The van der Waals surface area contributed by atoms with Gasteiger partial charge in [0, 0.05) is 0 Å². The van der Waals surface area contributed by atoms with E-state index in [9.17, 15) is 0 Å². The fraction of sp³-hybridized carbons (Fsp3) is 0.467. The first kappa shape index (κ1) is 13.6. The standard InChI is InChI=1S/C15H24Ge/c1-5-16(6-2,7-3)14(4)13-15-11-9-8-10-12-15/h8-13H,5-7H2,1-4H3/b14-13-. The molecule has 0 saturated heterocycles. The monoisotopic (exact) mass is 278 g/mol. The molecule has 0 aliphatic heterocycles. The van der Waals surface area contributed by atoms with Crippen molar-refractivity contribution in [2.75, 3.05) is 0 Å². The number of benzene rings is 1. The number of allylic oxidation sites excluding steroid dienone is 1. The summed E-state index contributed by atoms with van der Waals surface area (Å²) in [5.74, 6) is 0. The van der Waals surface area contributed by atoms with Gasteiger partial charge in [0.15, 0.2) is 0 Å². The summed E-state index contributed by atoms with van der Waals surface area (Å²) in [7, 11) is 0. The molecule has 0 heterocycles. The molecule has 0 unspecified atom stereocenters. The Kier molecular flexibility index (Phi) is 5.33. The Morgan fingerprint density at radius 3 is 1.94 bits per heavy atom. The van der Waals surface area contributed by atoms with E-state index < -0.39 is 13.3 Å². The Balaban J connectivity index is 2.99. The molecule has 0 saturated carbocycles. The van der Waals surface area contributed by atoms with Crippen LogP contribution in [0, 0.1) is 0 Å². The van der Waals surface area contributed by atoms with Crippen LogP contribution in [0.15, 0.2) is 34.7 Å². The van der Waals surface area contributed by atoms with Crippen LogP contribution in [-0.2, 0) is 0 Å². The van der Waals surface area contributed by atoms with Crippen molar-refractivity contribution in [3.8, 4) is 0 Å². The van der Waals surface area contributed by atoms with Gasteiger partial charge in [-0.1, -0.05) is 0 Å². The van der Waals surface area contributed by atoms with Crippen LogP contribution in [0.3, 0.4) is 0 Å². The number of hydrogen-bond donors (Lipinski definition) is 0. The molecule has 0 amide bonds. The summed E-state index contributed by atoms with van der Waals surface area (Å²) in [6.07, 6.45) is 2.43. The Labute approximate surface area is 103 Å². The topological polar surface area (TPSA) is 0 Å². The van der Waals surface area contributed by atoms with E-state index in [-0.39, 0.29) is 0 Å². The molecule has 0 atom stereocenters. The Hall–Kier alpha value is -0.497. The minimum atomic E-state index is -1.68. The molecule has 1 rings (SSSR count). The van der Waals surface area contributed by atoms with Crippen LogP contribution in [0.5, 0.6) is 0 Å². The molecule has 1 heteroatoms. The molecule has 0 bridgehead atoms. The summed E-state index contributed by atoms with van der Waals surface area (Å²) in [5.41, 5.74) is 1.37. The van der Waals surface area contributed by atoms with Crippen LogP contribution in [0.4, 0.5) is 0 Å². The van der Waals surface area contributed by atoms with Gasteiger partial charge in [0.1, 0.15) is 0 Å². The van der Waals surface area contributed by atoms with Crippen molar-refractivity contribution in [2.24, 2.45) is 0 Å². The molecular formula is C15H24Ge. The number of hydrogen-bond acceptors (Lipinski definition) is 0. The average Bonchev–Trinajstić information content (AvgIpc) is 2.33. The van der Waals surface area contributed by atoms with Crippen LogP contribution in [0.25, 0.3) is 6.08 Å². The zero-order valence-corrected chi connectivity index (χ0v) is 13.2. The van der Waals surface area contributed by atoms with Gasteiger partial charge in [-0.25, -0.2) is 0 Å². The van der Waals surface area contributed by atoms with Crippen LogP contribution >= 0.6 is 0 Å². The molecule has 0 nitrogen and oxygen atoms in total. The molecule has 0 aromatic heterocycles. The first-order chi connectivity index (χ1) is 7.68. The maximum absolute atomic E-state index is 2.43. The SMILES string of the molecule is C[CH2][Ge]([CH2]C)([CH2]C)/[C](C)=C\c1ccccc1. The predicted molar refractivity (Wildman–Crippen MR) is 77.3 cm³/mol. The van der Waals surface area contributed by atoms with Gasteiger partial charge in [0.05, 0.1) is 0 Å². The minimum absolute atomic E-state index is 1.37. The molecule has 1 aromatic rings. The summed E-state index contributed by atoms with van der Waals surface area (Å²) in [6.45, 7) is 9.52. The first-order valence-electron chi connectivity index (χ1n) is 6.42. The molecular weight excluding hydrogens is 253 g/mol. The van der Waals surface area contributed by atoms with Crippen molar-refractivity contribution in [3.63, 3.8) is 0 Å². The molecule has 0 radical (unpaired) electrons. The second-order valence-corrected chi connectivity index (χ2v) is 16.1. The van der Waals surface area contributed by atoms with Gasteiger partial charge in [-0.15, -0.1) is 0 Å². The van der Waals surface area contributed by atoms with Gasteiger partial charge in [0.25, 0.3) is 0 Å². The zero-order valence-electron chi connectivity index (χ0n) is 11.1. The molecule has 0 spiro atoms. The third-order valence-electron chi connectivity index (χ3n) is 4.05. The van der Waals surface area contributed by atoms with Crippen molar-refractivity contribution < 1.29 is 0 Å². The van der Waals surface area contributed by atoms with Crippen LogP contribution in [0.1, 0.15) is 33.3 Å². The summed E-state index contributed by atoms with van der Waals surface area (Å²) < 4.78 is 1.71. The van der Waals surface area contributed by atoms with Crippen molar-refractivity contribution in [3.05, 3.63) is 40.3 Å². The zero-order chi connectivity index (χ0) is 12.0. The average molecular weight is 277 g/mol. The predicted octanol–water partition coefficient (Wildman–Crippen LogP) is 5.14. The molecule has 1 aromatic carbocycles. The Morgan fingerprint density at radius 1 is 1.00 bits per heavy atom.